The van der Waals surface area contributed by atoms with Crippen LogP contribution in [0.1, 0.15) is 37.4 Å². The van der Waals surface area contributed by atoms with Gasteiger partial charge in [0.15, 0.2) is 5.78 Å². The van der Waals surface area contributed by atoms with Crippen molar-refractivity contribution in [2.45, 2.75) is 43.9 Å². The van der Waals surface area contributed by atoms with Crippen LogP contribution in [-0.4, -0.2) is 29.8 Å². The van der Waals surface area contributed by atoms with Crippen molar-refractivity contribution in [2.75, 3.05) is 7.05 Å². The number of likely N-dealkylation sites (N-methyl/N-ethyl adjacent to an activating group) is 1. The normalized spacial score (nSPS) is 33.0. The number of hydrogen-bond donors (Lipinski definition) is 0. The molecule has 0 spiro atoms. The highest BCUT2D eigenvalue weighted by Gasteiger charge is 2.45. The van der Waals surface area contributed by atoms with Gasteiger partial charge in [-0.15, -0.1) is 0 Å². The van der Waals surface area contributed by atoms with E-state index in [9.17, 15) is 4.79 Å². The van der Waals surface area contributed by atoms with Crippen LogP contribution in [0.15, 0.2) is 41.7 Å². The molecule has 0 aliphatic carbocycles. The van der Waals surface area contributed by atoms with E-state index in [1.54, 1.807) is 0 Å². The summed E-state index contributed by atoms with van der Waals surface area (Å²) in [6.07, 6.45) is 3.57. The monoisotopic (exact) mass is 269 g/mol. The van der Waals surface area contributed by atoms with E-state index in [0.29, 0.717) is 24.3 Å². The molecule has 3 atom stereocenters. The molecule has 3 aliphatic heterocycles. The summed E-state index contributed by atoms with van der Waals surface area (Å²) in [5.74, 6) is 1.26. The third-order valence-corrected chi connectivity index (χ3v) is 5.03. The lowest BCUT2D eigenvalue weighted by Crippen LogP contribution is -2.42. The van der Waals surface area contributed by atoms with Crippen molar-refractivity contribution in [3.63, 3.8) is 0 Å². The average molecular weight is 269 g/mol. The smallest absolute Gasteiger partial charge is 0.166 e. The van der Waals surface area contributed by atoms with Crippen molar-refractivity contribution in [2.24, 2.45) is 0 Å². The maximum atomic E-state index is 12.5. The quantitative estimate of drug-likeness (QED) is 0.785. The molecule has 0 saturated carbocycles. The number of ether oxygens (including phenoxy) is 1. The summed E-state index contributed by atoms with van der Waals surface area (Å²) in [4.78, 5) is 14.9. The molecule has 0 aromatic heterocycles. The van der Waals surface area contributed by atoms with E-state index in [0.717, 1.165) is 29.7 Å². The van der Waals surface area contributed by atoms with Crippen LogP contribution in [-0.2, 0) is 9.53 Å². The van der Waals surface area contributed by atoms with Gasteiger partial charge in [0.2, 0.25) is 0 Å². The van der Waals surface area contributed by atoms with Crippen LogP contribution in [0.2, 0.25) is 0 Å². The van der Waals surface area contributed by atoms with Crippen LogP contribution in [0.3, 0.4) is 0 Å². The van der Waals surface area contributed by atoms with Crippen molar-refractivity contribution in [1.29, 1.82) is 0 Å². The predicted molar refractivity (Wildman–Crippen MR) is 76.1 cm³/mol. The van der Waals surface area contributed by atoms with Gasteiger partial charge < -0.3 is 4.74 Å². The molecule has 1 saturated heterocycles. The Morgan fingerprint density at radius 1 is 1.15 bits per heavy atom. The van der Waals surface area contributed by atoms with Gasteiger partial charge in [0.05, 0.1) is 12.5 Å². The zero-order chi connectivity index (χ0) is 13.7. The maximum absolute atomic E-state index is 12.5. The largest absolute Gasteiger partial charge is 0.488 e. The molecule has 3 heteroatoms. The number of fused-ring (bicyclic) bond motifs is 3. The summed E-state index contributed by atoms with van der Waals surface area (Å²) < 4.78 is 6.26. The molecular formula is C17H19NO2. The van der Waals surface area contributed by atoms with Gasteiger partial charge in [-0.25, -0.2) is 0 Å². The lowest BCUT2D eigenvalue weighted by atomic mass is 9.89. The standard InChI is InChI=1S/C17H19NO2/c1-18-12-7-8-14(18)17-13(9-12)15(19)10-16(20-17)11-5-3-2-4-6-11/h2-6,12,14,16H,7-10H2,1H3/t12-,14+,16-/m1/s1. The van der Waals surface area contributed by atoms with Crippen molar-refractivity contribution in [3.8, 4) is 0 Å². The van der Waals surface area contributed by atoms with E-state index >= 15 is 0 Å². The highest BCUT2D eigenvalue weighted by molar-refractivity contribution is 5.97. The minimum Gasteiger partial charge on any atom is -0.488 e. The van der Waals surface area contributed by atoms with Gasteiger partial charge >= 0.3 is 0 Å². The van der Waals surface area contributed by atoms with E-state index in [2.05, 4.69) is 11.9 Å². The Morgan fingerprint density at radius 3 is 2.75 bits per heavy atom. The summed E-state index contributed by atoms with van der Waals surface area (Å²) in [7, 11) is 2.16. The SMILES string of the molecule is CN1[C@@H]2CC[C@H]1C1=C(C2)C(=O)C[C@H](c2ccccc2)O1. The molecule has 2 bridgehead atoms. The second-order valence-corrected chi connectivity index (χ2v) is 6.10. The number of nitrogens with zero attached hydrogens (tertiary/aromatic N) is 1. The summed E-state index contributed by atoms with van der Waals surface area (Å²) in [5, 5.41) is 0. The van der Waals surface area contributed by atoms with Gasteiger partial charge in [-0.1, -0.05) is 30.3 Å². The Balaban J connectivity index is 1.69. The minimum absolute atomic E-state index is 0.104. The van der Waals surface area contributed by atoms with Crippen LogP contribution >= 0.6 is 0 Å². The zero-order valence-corrected chi connectivity index (χ0v) is 11.7. The third-order valence-electron chi connectivity index (χ3n) is 5.03. The van der Waals surface area contributed by atoms with Crippen molar-refractivity contribution in [1.82, 2.24) is 4.90 Å². The van der Waals surface area contributed by atoms with Crippen LogP contribution in [0.25, 0.3) is 0 Å². The zero-order valence-electron chi connectivity index (χ0n) is 11.7. The van der Waals surface area contributed by atoms with E-state index in [1.165, 1.54) is 6.42 Å². The Morgan fingerprint density at radius 2 is 1.95 bits per heavy atom. The van der Waals surface area contributed by atoms with Crippen LogP contribution in [0, 0.1) is 0 Å². The molecule has 20 heavy (non-hydrogen) atoms. The van der Waals surface area contributed by atoms with Gasteiger partial charge in [0, 0.05) is 11.6 Å². The minimum atomic E-state index is -0.104. The molecule has 0 unspecified atom stereocenters. The first kappa shape index (κ1) is 12.2. The Bertz CT molecular complexity index is 578. The molecule has 3 heterocycles. The number of ketones is 1. The molecule has 104 valence electrons. The second-order valence-electron chi connectivity index (χ2n) is 6.10. The fourth-order valence-electron chi connectivity index (χ4n) is 3.85. The Kier molecular flexibility index (Phi) is 2.71. The number of carbonyl (C=O) groups is 1. The molecule has 3 nitrogen and oxygen atoms in total. The fraction of sp³-hybridized carbons (Fsp3) is 0.471. The molecule has 0 N–H and O–H groups in total. The van der Waals surface area contributed by atoms with Gasteiger partial charge in [0.25, 0.3) is 0 Å². The lowest BCUT2D eigenvalue weighted by molar-refractivity contribution is -0.121. The first-order chi connectivity index (χ1) is 9.74. The van der Waals surface area contributed by atoms with Crippen LogP contribution < -0.4 is 0 Å². The van der Waals surface area contributed by atoms with Gasteiger partial charge in [-0.3, -0.25) is 9.69 Å². The van der Waals surface area contributed by atoms with Crippen molar-refractivity contribution >= 4 is 5.78 Å². The summed E-state index contributed by atoms with van der Waals surface area (Å²) in [6.45, 7) is 0. The van der Waals surface area contributed by atoms with Crippen LogP contribution in [0.4, 0.5) is 0 Å². The van der Waals surface area contributed by atoms with E-state index in [1.807, 2.05) is 30.3 Å². The summed E-state index contributed by atoms with van der Waals surface area (Å²) >= 11 is 0. The lowest BCUT2D eigenvalue weighted by Gasteiger charge is -2.38. The average Bonchev–Trinajstić information content (AvgIpc) is 2.72. The van der Waals surface area contributed by atoms with Gasteiger partial charge in [-0.2, -0.15) is 0 Å². The molecule has 1 aromatic carbocycles. The predicted octanol–water partition coefficient (Wildman–Crippen LogP) is 2.84. The van der Waals surface area contributed by atoms with Crippen LogP contribution in [0.5, 0.6) is 0 Å². The second kappa shape index (κ2) is 4.45. The number of hydrogen-bond acceptors (Lipinski definition) is 3. The molecular weight excluding hydrogens is 250 g/mol. The number of carbonyl (C=O) groups excluding carboxylic acids is 1. The molecule has 3 aliphatic rings. The van der Waals surface area contributed by atoms with Gasteiger partial charge in [0.1, 0.15) is 11.9 Å². The fourth-order valence-corrected chi connectivity index (χ4v) is 3.85. The molecule has 4 rings (SSSR count). The molecule has 0 radical (unpaired) electrons. The number of rotatable bonds is 1. The maximum Gasteiger partial charge on any atom is 0.166 e. The van der Waals surface area contributed by atoms with E-state index in [-0.39, 0.29) is 6.10 Å². The first-order valence-electron chi connectivity index (χ1n) is 7.44. The third kappa shape index (κ3) is 1.73. The Labute approximate surface area is 119 Å². The van der Waals surface area contributed by atoms with Crippen molar-refractivity contribution in [3.05, 3.63) is 47.2 Å². The molecule has 0 amide bonds. The van der Waals surface area contributed by atoms with E-state index in [4.69, 9.17) is 4.74 Å². The summed E-state index contributed by atoms with van der Waals surface area (Å²) in [5.41, 5.74) is 2.08. The topological polar surface area (TPSA) is 29.5 Å². The van der Waals surface area contributed by atoms with Gasteiger partial charge in [-0.05, 0) is 31.9 Å². The first-order valence-corrected chi connectivity index (χ1v) is 7.44. The summed E-state index contributed by atoms with van der Waals surface area (Å²) in [6, 6.07) is 11.0. The highest BCUT2D eigenvalue weighted by Crippen LogP contribution is 2.44. The highest BCUT2D eigenvalue weighted by atomic mass is 16.5. The number of benzene rings is 1. The Hall–Kier alpha value is -1.61. The molecule has 1 aromatic rings. The number of Topliss-reactive ketones (excluding diaryl/α,β-unsaturated/α-hetero) is 1. The van der Waals surface area contributed by atoms with Crippen molar-refractivity contribution < 1.29 is 9.53 Å². The van der Waals surface area contributed by atoms with E-state index < -0.39 is 0 Å². The molecule has 1 fully saturated rings.